The van der Waals surface area contributed by atoms with Gasteiger partial charge in [0.25, 0.3) is 0 Å². The first-order valence-corrected chi connectivity index (χ1v) is 8.11. The van der Waals surface area contributed by atoms with E-state index in [0.29, 0.717) is 5.92 Å². The molecule has 0 aromatic heterocycles. The highest BCUT2D eigenvalue weighted by molar-refractivity contribution is 5.29. The van der Waals surface area contributed by atoms with Gasteiger partial charge in [-0.05, 0) is 43.5 Å². The lowest BCUT2D eigenvalue weighted by Gasteiger charge is -2.27. The predicted octanol–water partition coefficient (Wildman–Crippen LogP) is 4.19. The van der Waals surface area contributed by atoms with E-state index in [1.165, 1.54) is 18.4 Å². The second kappa shape index (κ2) is 9.80. The molecule has 3 atom stereocenters. The van der Waals surface area contributed by atoms with E-state index >= 15 is 0 Å². The van der Waals surface area contributed by atoms with Gasteiger partial charge < -0.3 is 14.8 Å². The van der Waals surface area contributed by atoms with E-state index < -0.39 is 0 Å². The molecule has 120 valence electrons. The molecule has 3 heteroatoms. The van der Waals surface area contributed by atoms with Gasteiger partial charge in [-0.15, -0.1) is 0 Å². The van der Waals surface area contributed by atoms with Gasteiger partial charge >= 0.3 is 0 Å². The van der Waals surface area contributed by atoms with Crippen molar-refractivity contribution in [1.29, 1.82) is 0 Å². The third-order valence-electron chi connectivity index (χ3n) is 3.79. The fourth-order valence-corrected chi connectivity index (χ4v) is 2.57. The van der Waals surface area contributed by atoms with Crippen LogP contribution in [0.4, 0.5) is 0 Å². The highest BCUT2D eigenvalue weighted by Crippen LogP contribution is 2.22. The number of hydrogen-bond acceptors (Lipinski definition) is 3. The summed E-state index contributed by atoms with van der Waals surface area (Å²) < 4.78 is 11.3. The Morgan fingerprint density at radius 2 is 1.76 bits per heavy atom. The maximum absolute atomic E-state index is 6.09. The molecule has 0 aliphatic heterocycles. The number of rotatable bonds is 10. The van der Waals surface area contributed by atoms with E-state index in [1.807, 2.05) is 12.1 Å². The Bertz CT molecular complexity index is 377. The number of benzene rings is 1. The van der Waals surface area contributed by atoms with E-state index in [0.717, 1.165) is 18.9 Å². The van der Waals surface area contributed by atoms with Crippen molar-refractivity contribution in [2.45, 2.75) is 52.7 Å². The third kappa shape index (κ3) is 6.06. The first-order chi connectivity index (χ1) is 10.1. The minimum absolute atomic E-state index is 0.151. The summed E-state index contributed by atoms with van der Waals surface area (Å²) in [7, 11) is 1.69. The zero-order valence-electron chi connectivity index (χ0n) is 14.2. The Morgan fingerprint density at radius 1 is 1.10 bits per heavy atom. The van der Waals surface area contributed by atoms with E-state index in [9.17, 15) is 0 Å². The molecular formula is C18H31NO2. The van der Waals surface area contributed by atoms with Crippen LogP contribution in [-0.4, -0.2) is 26.4 Å². The van der Waals surface area contributed by atoms with Gasteiger partial charge in [0.15, 0.2) is 0 Å². The van der Waals surface area contributed by atoms with Crippen molar-refractivity contribution >= 4 is 0 Å². The van der Waals surface area contributed by atoms with Crippen LogP contribution >= 0.6 is 0 Å². The summed E-state index contributed by atoms with van der Waals surface area (Å²) in [6.45, 7) is 10.5. The minimum atomic E-state index is 0.151. The molecule has 0 saturated heterocycles. The number of ether oxygens (including phenoxy) is 2. The first kappa shape index (κ1) is 18.0. The zero-order chi connectivity index (χ0) is 15.7. The zero-order valence-corrected chi connectivity index (χ0v) is 14.2. The molecule has 0 heterocycles. The van der Waals surface area contributed by atoms with Crippen molar-refractivity contribution in [3.63, 3.8) is 0 Å². The van der Waals surface area contributed by atoms with Gasteiger partial charge in [0.05, 0.1) is 19.3 Å². The molecule has 1 rings (SSSR count). The quantitative estimate of drug-likeness (QED) is 0.702. The number of methoxy groups -OCH3 is 1. The van der Waals surface area contributed by atoms with Crippen molar-refractivity contribution in [1.82, 2.24) is 5.32 Å². The summed E-state index contributed by atoms with van der Waals surface area (Å²) in [6, 6.07) is 8.45. The number of nitrogens with one attached hydrogen (secondary N) is 1. The Balaban J connectivity index is 2.65. The second-order valence-electron chi connectivity index (χ2n) is 5.74. The molecule has 1 N–H and O–H groups in total. The molecular weight excluding hydrogens is 262 g/mol. The van der Waals surface area contributed by atoms with Crippen molar-refractivity contribution in [3.05, 3.63) is 29.8 Å². The highest BCUT2D eigenvalue weighted by atomic mass is 16.5. The van der Waals surface area contributed by atoms with Crippen molar-refractivity contribution in [3.8, 4) is 5.75 Å². The van der Waals surface area contributed by atoms with E-state index in [2.05, 4.69) is 45.1 Å². The van der Waals surface area contributed by atoms with Crippen LogP contribution in [0.3, 0.4) is 0 Å². The molecule has 0 fully saturated rings. The van der Waals surface area contributed by atoms with Gasteiger partial charge in [-0.1, -0.05) is 39.3 Å². The Hall–Kier alpha value is -1.06. The Kier molecular flexibility index (Phi) is 8.40. The van der Waals surface area contributed by atoms with Crippen molar-refractivity contribution in [2.24, 2.45) is 5.92 Å². The molecule has 0 spiro atoms. The van der Waals surface area contributed by atoms with Crippen LogP contribution < -0.4 is 10.1 Å². The summed E-state index contributed by atoms with van der Waals surface area (Å²) in [5.41, 5.74) is 1.24. The van der Waals surface area contributed by atoms with Crippen molar-refractivity contribution < 1.29 is 9.47 Å². The normalized spacial score (nSPS) is 15.5. The molecule has 1 aromatic carbocycles. The van der Waals surface area contributed by atoms with Crippen LogP contribution in [0, 0.1) is 5.92 Å². The van der Waals surface area contributed by atoms with Crippen LogP contribution in [0.15, 0.2) is 24.3 Å². The maximum atomic E-state index is 6.09. The summed E-state index contributed by atoms with van der Waals surface area (Å²) in [5.74, 6) is 1.51. The van der Waals surface area contributed by atoms with E-state index in [4.69, 9.17) is 9.47 Å². The maximum Gasteiger partial charge on any atom is 0.118 e. The smallest absolute Gasteiger partial charge is 0.118 e. The molecule has 0 bridgehead atoms. The molecule has 3 unspecified atom stereocenters. The summed E-state index contributed by atoms with van der Waals surface area (Å²) >= 11 is 0. The number of likely N-dealkylation sites (N-methyl/N-ethyl adjacent to an activating group) is 1. The average molecular weight is 293 g/mol. The Labute approximate surface area is 130 Å². The van der Waals surface area contributed by atoms with Crippen LogP contribution in [0.25, 0.3) is 0 Å². The summed E-state index contributed by atoms with van der Waals surface area (Å²) in [4.78, 5) is 0. The summed E-state index contributed by atoms with van der Waals surface area (Å²) in [5, 5.41) is 3.53. The molecule has 3 nitrogen and oxygen atoms in total. The molecule has 21 heavy (non-hydrogen) atoms. The largest absolute Gasteiger partial charge is 0.497 e. The van der Waals surface area contributed by atoms with E-state index in [1.54, 1.807) is 7.11 Å². The van der Waals surface area contributed by atoms with Gasteiger partial charge in [0.2, 0.25) is 0 Å². The first-order valence-electron chi connectivity index (χ1n) is 8.11. The van der Waals surface area contributed by atoms with Crippen LogP contribution in [0.5, 0.6) is 5.75 Å². The third-order valence-corrected chi connectivity index (χ3v) is 3.79. The van der Waals surface area contributed by atoms with Gasteiger partial charge in [0.1, 0.15) is 5.75 Å². The van der Waals surface area contributed by atoms with Gasteiger partial charge in [-0.3, -0.25) is 0 Å². The van der Waals surface area contributed by atoms with Gasteiger partial charge in [-0.25, -0.2) is 0 Å². The van der Waals surface area contributed by atoms with Crippen LogP contribution in [0.2, 0.25) is 0 Å². The SMILES string of the molecule is CCCC(C)COC(C)C(NCC)c1ccc(OC)cc1. The number of hydrogen-bond donors (Lipinski definition) is 1. The van der Waals surface area contributed by atoms with Gasteiger partial charge in [-0.2, -0.15) is 0 Å². The molecule has 0 radical (unpaired) electrons. The van der Waals surface area contributed by atoms with E-state index in [-0.39, 0.29) is 12.1 Å². The fourth-order valence-electron chi connectivity index (χ4n) is 2.57. The molecule has 0 aliphatic carbocycles. The highest BCUT2D eigenvalue weighted by Gasteiger charge is 2.19. The van der Waals surface area contributed by atoms with Gasteiger partial charge in [0, 0.05) is 6.61 Å². The fraction of sp³-hybridized carbons (Fsp3) is 0.667. The standard InChI is InChI=1S/C18H31NO2/c1-6-8-14(3)13-21-15(4)18(19-7-2)16-9-11-17(20-5)12-10-16/h9-12,14-15,18-19H,6-8,13H2,1-5H3. The predicted molar refractivity (Wildman–Crippen MR) is 88.9 cm³/mol. The van der Waals surface area contributed by atoms with Crippen LogP contribution in [-0.2, 0) is 4.74 Å². The van der Waals surface area contributed by atoms with Crippen molar-refractivity contribution in [2.75, 3.05) is 20.3 Å². The lowest BCUT2D eigenvalue weighted by molar-refractivity contribution is 0.0185. The second-order valence-corrected chi connectivity index (χ2v) is 5.74. The lowest BCUT2D eigenvalue weighted by Crippen LogP contribution is -2.32. The molecule has 0 amide bonds. The Morgan fingerprint density at radius 3 is 2.29 bits per heavy atom. The molecule has 0 aliphatic rings. The minimum Gasteiger partial charge on any atom is -0.497 e. The monoisotopic (exact) mass is 293 g/mol. The molecule has 1 aromatic rings. The van der Waals surface area contributed by atoms with Crippen LogP contribution in [0.1, 0.15) is 52.1 Å². The lowest BCUT2D eigenvalue weighted by atomic mass is 10.0. The average Bonchev–Trinajstić information content (AvgIpc) is 2.51. The topological polar surface area (TPSA) is 30.5 Å². The summed E-state index contributed by atoms with van der Waals surface area (Å²) in [6.07, 6.45) is 2.59. The molecule has 0 saturated carbocycles.